The van der Waals surface area contributed by atoms with Crippen molar-refractivity contribution in [3.63, 3.8) is 0 Å². The van der Waals surface area contributed by atoms with Gasteiger partial charge in [0.2, 0.25) is 0 Å². The minimum atomic E-state index is -1.09. The molecule has 0 saturated heterocycles. The Morgan fingerprint density at radius 2 is 2.00 bits per heavy atom. The number of hydrogen-bond acceptors (Lipinski definition) is 3. The molecule has 146 valence electrons. The third kappa shape index (κ3) is 6.04. The second-order valence-electron chi connectivity index (χ2n) is 7.16. The Hall–Kier alpha value is -1.93. The van der Waals surface area contributed by atoms with Gasteiger partial charge in [-0.15, -0.1) is 11.3 Å². The number of thiophene rings is 1. The second kappa shape index (κ2) is 8.84. The van der Waals surface area contributed by atoms with Gasteiger partial charge in [0, 0.05) is 21.9 Å². The zero-order valence-corrected chi connectivity index (χ0v) is 17.7. The predicted molar refractivity (Wildman–Crippen MR) is 108 cm³/mol. The van der Waals surface area contributed by atoms with E-state index in [0.717, 1.165) is 4.47 Å². The SMILES string of the molecule is CC(C)(C)N(C[C@H](Cc1ccccc1F)NC(=O)c1cc(Br)cs1)C(=O)O. The fraction of sp³-hybridized carbons (Fsp3) is 0.368. The normalized spacial score (nSPS) is 12.5. The quantitative estimate of drug-likeness (QED) is 0.657. The number of hydrogen-bond donors (Lipinski definition) is 2. The molecule has 0 saturated carbocycles. The zero-order chi connectivity index (χ0) is 20.2. The molecule has 0 bridgehead atoms. The van der Waals surface area contributed by atoms with Gasteiger partial charge in [0.25, 0.3) is 5.91 Å². The Balaban J connectivity index is 2.25. The van der Waals surface area contributed by atoms with Crippen molar-refractivity contribution in [1.29, 1.82) is 0 Å². The molecule has 8 heteroatoms. The highest BCUT2D eigenvalue weighted by Crippen LogP contribution is 2.21. The van der Waals surface area contributed by atoms with Gasteiger partial charge >= 0.3 is 6.09 Å². The van der Waals surface area contributed by atoms with Crippen molar-refractivity contribution in [3.8, 4) is 0 Å². The lowest BCUT2D eigenvalue weighted by molar-refractivity contribution is 0.0824. The van der Waals surface area contributed by atoms with E-state index in [1.165, 1.54) is 22.3 Å². The van der Waals surface area contributed by atoms with Crippen LogP contribution in [0.25, 0.3) is 0 Å². The number of carboxylic acid groups (broad SMARTS) is 1. The molecule has 2 rings (SSSR count). The maximum Gasteiger partial charge on any atom is 0.407 e. The van der Waals surface area contributed by atoms with Gasteiger partial charge < -0.3 is 15.3 Å². The van der Waals surface area contributed by atoms with Gasteiger partial charge in [-0.05, 0) is 60.8 Å². The first-order valence-electron chi connectivity index (χ1n) is 8.37. The molecule has 1 aromatic heterocycles. The molecule has 5 nitrogen and oxygen atoms in total. The number of halogens is 2. The zero-order valence-electron chi connectivity index (χ0n) is 15.3. The standard InChI is InChI=1S/C19H22BrFN2O3S/c1-19(2,3)23(18(25)26)10-14(8-12-6-4-5-7-15(12)21)22-17(24)16-9-13(20)11-27-16/h4-7,9,11,14H,8,10H2,1-3H3,(H,22,24)(H,25,26)/t14-/m0/s1. The fourth-order valence-electron chi connectivity index (χ4n) is 2.64. The van der Waals surface area contributed by atoms with Crippen LogP contribution in [0.3, 0.4) is 0 Å². The largest absolute Gasteiger partial charge is 0.465 e. The van der Waals surface area contributed by atoms with E-state index in [0.29, 0.717) is 10.4 Å². The molecule has 0 aliphatic rings. The minimum Gasteiger partial charge on any atom is -0.465 e. The van der Waals surface area contributed by atoms with Crippen LogP contribution in [0.2, 0.25) is 0 Å². The molecule has 0 radical (unpaired) electrons. The molecule has 0 aliphatic carbocycles. The van der Waals surface area contributed by atoms with E-state index in [-0.39, 0.29) is 24.7 Å². The fourth-order valence-corrected chi connectivity index (χ4v) is 3.97. The molecule has 0 fully saturated rings. The number of nitrogens with zero attached hydrogens (tertiary/aromatic N) is 1. The van der Waals surface area contributed by atoms with Crippen molar-refractivity contribution >= 4 is 39.3 Å². The summed E-state index contributed by atoms with van der Waals surface area (Å²) in [6.07, 6.45) is -0.903. The van der Waals surface area contributed by atoms with E-state index >= 15 is 0 Å². The van der Waals surface area contributed by atoms with E-state index in [4.69, 9.17) is 0 Å². The highest BCUT2D eigenvalue weighted by Gasteiger charge is 2.30. The highest BCUT2D eigenvalue weighted by molar-refractivity contribution is 9.10. The van der Waals surface area contributed by atoms with Crippen molar-refractivity contribution in [2.75, 3.05) is 6.54 Å². The summed E-state index contributed by atoms with van der Waals surface area (Å²) < 4.78 is 14.9. The van der Waals surface area contributed by atoms with Crippen LogP contribution in [0, 0.1) is 5.82 Å². The summed E-state index contributed by atoms with van der Waals surface area (Å²) >= 11 is 4.59. The maximum absolute atomic E-state index is 14.1. The summed E-state index contributed by atoms with van der Waals surface area (Å²) in [6, 6.07) is 7.41. The van der Waals surface area contributed by atoms with Crippen LogP contribution < -0.4 is 5.32 Å². The van der Waals surface area contributed by atoms with Gasteiger partial charge in [0.1, 0.15) is 5.82 Å². The lowest BCUT2D eigenvalue weighted by atomic mass is 10.0. The van der Waals surface area contributed by atoms with Gasteiger partial charge in [0.05, 0.1) is 10.9 Å². The Labute approximate surface area is 170 Å². The van der Waals surface area contributed by atoms with Crippen LogP contribution in [0.4, 0.5) is 9.18 Å². The van der Waals surface area contributed by atoms with Crippen LogP contribution in [-0.4, -0.2) is 40.1 Å². The van der Waals surface area contributed by atoms with Crippen molar-refractivity contribution in [1.82, 2.24) is 10.2 Å². The number of nitrogens with one attached hydrogen (secondary N) is 1. The summed E-state index contributed by atoms with van der Waals surface area (Å²) in [5.74, 6) is -0.695. The Bertz CT molecular complexity index is 819. The number of amides is 2. The average molecular weight is 457 g/mol. The highest BCUT2D eigenvalue weighted by atomic mass is 79.9. The van der Waals surface area contributed by atoms with Gasteiger partial charge in [-0.1, -0.05) is 18.2 Å². The minimum absolute atomic E-state index is 0.0471. The smallest absolute Gasteiger partial charge is 0.407 e. The molecule has 1 aromatic carbocycles. The number of benzene rings is 1. The number of carbonyl (C=O) groups excluding carboxylic acids is 1. The molecule has 0 spiro atoms. The molecule has 1 atom stereocenters. The van der Waals surface area contributed by atoms with Crippen molar-refractivity contribution in [2.45, 2.75) is 38.8 Å². The number of carbonyl (C=O) groups is 2. The molecule has 0 unspecified atom stereocenters. The molecular weight excluding hydrogens is 435 g/mol. The average Bonchev–Trinajstić information content (AvgIpc) is 2.99. The Morgan fingerprint density at radius 3 is 2.52 bits per heavy atom. The summed E-state index contributed by atoms with van der Waals surface area (Å²) in [4.78, 5) is 26.0. The van der Waals surface area contributed by atoms with Gasteiger partial charge in [-0.3, -0.25) is 4.79 Å². The summed E-state index contributed by atoms with van der Waals surface area (Å²) in [5.41, 5.74) is -0.231. The second-order valence-corrected chi connectivity index (χ2v) is 8.99. The van der Waals surface area contributed by atoms with Crippen LogP contribution >= 0.6 is 27.3 Å². The van der Waals surface area contributed by atoms with Crippen molar-refractivity contribution < 1.29 is 19.1 Å². The molecule has 0 aliphatic heterocycles. The van der Waals surface area contributed by atoms with Crippen LogP contribution in [-0.2, 0) is 6.42 Å². The van der Waals surface area contributed by atoms with Crippen LogP contribution in [0.5, 0.6) is 0 Å². The molecule has 27 heavy (non-hydrogen) atoms. The Morgan fingerprint density at radius 1 is 1.33 bits per heavy atom. The monoisotopic (exact) mass is 456 g/mol. The summed E-state index contributed by atoms with van der Waals surface area (Å²) in [5, 5.41) is 14.2. The third-order valence-corrected chi connectivity index (χ3v) is 5.68. The topological polar surface area (TPSA) is 69.6 Å². The van der Waals surface area contributed by atoms with Gasteiger partial charge in [-0.2, -0.15) is 0 Å². The van der Waals surface area contributed by atoms with Gasteiger partial charge in [0.15, 0.2) is 0 Å². The van der Waals surface area contributed by atoms with Gasteiger partial charge in [-0.25, -0.2) is 9.18 Å². The first-order chi connectivity index (χ1) is 12.6. The summed E-state index contributed by atoms with van der Waals surface area (Å²) in [7, 11) is 0. The van der Waals surface area contributed by atoms with E-state index in [1.807, 2.05) is 0 Å². The van der Waals surface area contributed by atoms with Crippen molar-refractivity contribution in [2.24, 2.45) is 0 Å². The third-order valence-electron chi connectivity index (χ3n) is 3.99. The van der Waals surface area contributed by atoms with Crippen LogP contribution in [0.15, 0.2) is 40.2 Å². The molecular formula is C19H22BrFN2O3S. The van der Waals surface area contributed by atoms with Crippen LogP contribution in [0.1, 0.15) is 36.0 Å². The van der Waals surface area contributed by atoms with E-state index < -0.39 is 17.7 Å². The number of rotatable bonds is 6. The lowest BCUT2D eigenvalue weighted by Gasteiger charge is -2.36. The molecule has 2 N–H and O–H groups in total. The first kappa shape index (κ1) is 21.4. The van der Waals surface area contributed by atoms with E-state index in [2.05, 4.69) is 21.2 Å². The van der Waals surface area contributed by atoms with E-state index in [1.54, 1.807) is 50.4 Å². The maximum atomic E-state index is 14.1. The first-order valence-corrected chi connectivity index (χ1v) is 10.0. The molecule has 2 aromatic rings. The summed E-state index contributed by atoms with van der Waals surface area (Å²) in [6.45, 7) is 5.38. The molecule has 1 heterocycles. The van der Waals surface area contributed by atoms with Crippen molar-refractivity contribution in [3.05, 3.63) is 56.4 Å². The predicted octanol–water partition coefficient (Wildman–Crippen LogP) is 4.77. The molecule has 2 amide bonds. The van der Waals surface area contributed by atoms with E-state index in [9.17, 15) is 19.1 Å². The lowest BCUT2D eigenvalue weighted by Crippen LogP contribution is -2.53. The Kier molecular flexibility index (Phi) is 7.00.